The van der Waals surface area contributed by atoms with Crippen LogP contribution in [0.25, 0.3) is 10.9 Å². The van der Waals surface area contributed by atoms with Crippen molar-refractivity contribution in [2.24, 2.45) is 39.6 Å². The number of aliphatic hydroxyl groups is 1. The number of thioether (sulfide) groups is 2. The SMILES string of the molecule is CC[C@H](C)[C@H](NC(=O)[C@H](CC(N)=O)NC(=O)[C@H](CC(N)=O)NC(=O)[C@H](C)NC(=O)[C@@H](N)CCCN=C(N)N)C(=O)N1CCC[C@H]1C(=O)N[C@@H](Cc1c[nH]c2ccccc12)C(=O)N[C@@H](CO)C(=O)N[C@@H](CCC(=O)O)C(=O)N[C@@H](C)C(=O)N[C@@H](CCSC)C(=O)N[C@@H](CCSC)C(=O)O. The zero-order valence-corrected chi connectivity index (χ0v) is 57.1. The summed E-state index contributed by atoms with van der Waals surface area (Å²) in [4.78, 5) is 209. The van der Waals surface area contributed by atoms with E-state index in [0.717, 1.165) is 4.90 Å². The van der Waals surface area contributed by atoms with Gasteiger partial charge in [-0.3, -0.25) is 72.1 Å². The molecule has 0 aliphatic carbocycles. The topological polar surface area (TPSA) is 599 Å². The molecule has 36 nitrogen and oxygen atoms in total. The number of hydrogen-bond donors (Lipinski definition) is 19. The van der Waals surface area contributed by atoms with Crippen molar-refractivity contribution in [3.63, 3.8) is 0 Å². The van der Waals surface area contributed by atoms with E-state index in [2.05, 4.69) is 63.1 Å². The highest BCUT2D eigenvalue weighted by Gasteiger charge is 2.42. The largest absolute Gasteiger partial charge is 0.481 e. The Morgan fingerprint density at radius 2 is 1.10 bits per heavy atom. The smallest absolute Gasteiger partial charge is 0.326 e. The maximum atomic E-state index is 14.8. The Bertz CT molecular complexity index is 3190. The Hall–Kier alpha value is -9.30. The number of primary amides is 2. The number of carbonyl (C=O) groups is 15. The molecule has 2 heterocycles. The van der Waals surface area contributed by atoms with Crippen LogP contribution >= 0.6 is 23.5 Å². The lowest BCUT2D eigenvalue weighted by Gasteiger charge is -2.33. The number of H-pyrrole nitrogens is 1. The maximum Gasteiger partial charge on any atom is 0.326 e. The summed E-state index contributed by atoms with van der Waals surface area (Å²) < 4.78 is 0. The van der Waals surface area contributed by atoms with Crippen molar-refractivity contribution < 1.29 is 87.2 Å². The third-order valence-corrected chi connectivity index (χ3v) is 17.1. The molecule has 0 saturated carbocycles. The summed E-state index contributed by atoms with van der Waals surface area (Å²) >= 11 is 2.70. The quantitative estimate of drug-likeness (QED) is 0.0167. The number of aromatic amines is 1. The molecule has 0 unspecified atom stereocenters. The predicted molar refractivity (Wildman–Crippen MR) is 360 cm³/mol. The van der Waals surface area contributed by atoms with Crippen molar-refractivity contribution in [3.8, 4) is 0 Å². The molecule has 38 heteroatoms. The molecule has 1 fully saturated rings. The number of rotatable bonds is 44. The van der Waals surface area contributed by atoms with Gasteiger partial charge in [0.25, 0.3) is 0 Å². The van der Waals surface area contributed by atoms with E-state index in [9.17, 15) is 87.2 Å². The summed E-state index contributed by atoms with van der Waals surface area (Å²) in [5.74, 6) is -15.9. The molecule has 3 rings (SSSR count). The van der Waals surface area contributed by atoms with Crippen LogP contribution in [0.2, 0.25) is 0 Å². The second-order valence-electron chi connectivity index (χ2n) is 23.4. The van der Waals surface area contributed by atoms with Crippen molar-refractivity contribution in [2.75, 3.05) is 43.7 Å². The van der Waals surface area contributed by atoms with Crippen LogP contribution in [-0.2, 0) is 78.3 Å². The van der Waals surface area contributed by atoms with E-state index >= 15 is 0 Å². The van der Waals surface area contributed by atoms with E-state index < -0.39 is 199 Å². The van der Waals surface area contributed by atoms with Crippen LogP contribution in [0.1, 0.15) is 104 Å². The second kappa shape index (κ2) is 41.7. The van der Waals surface area contributed by atoms with Gasteiger partial charge in [-0.25, -0.2) is 4.79 Å². The fourth-order valence-corrected chi connectivity index (χ4v) is 11.0. The number of benzene rings is 1. The minimum Gasteiger partial charge on any atom is -0.481 e. The lowest BCUT2D eigenvalue weighted by atomic mass is 9.96. The summed E-state index contributed by atoms with van der Waals surface area (Å²) in [6, 6.07) is -11.1. The fraction of sp³-hybridized carbons (Fsp3) is 0.600. The van der Waals surface area contributed by atoms with Gasteiger partial charge in [0.15, 0.2) is 5.96 Å². The van der Waals surface area contributed by atoms with Gasteiger partial charge >= 0.3 is 11.9 Å². The second-order valence-corrected chi connectivity index (χ2v) is 25.4. The van der Waals surface area contributed by atoms with Crippen molar-refractivity contribution in [2.45, 2.75) is 177 Å². The lowest BCUT2D eigenvalue weighted by molar-refractivity contribution is -0.144. The molecule has 1 saturated heterocycles. The van der Waals surface area contributed by atoms with Crippen LogP contribution in [0.4, 0.5) is 0 Å². The third kappa shape index (κ3) is 27.3. The van der Waals surface area contributed by atoms with Crippen LogP contribution in [0.15, 0.2) is 35.5 Å². The van der Waals surface area contributed by atoms with Gasteiger partial charge in [-0.1, -0.05) is 38.5 Å². The minimum absolute atomic E-state index is 0.0185. The number of amides is 13. The van der Waals surface area contributed by atoms with Gasteiger partial charge < -0.3 is 107 Å². The number of carboxylic acid groups (broad SMARTS) is 2. The van der Waals surface area contributed by atoms with Crippen molar-refractivity contribution in [3.05, 3.63) is 36.0 Å². The highest BCUT2D eigenvalue weighted by Crippen LogP contribution is 2.24. The number of carbonyl (C=O) groups excluding carboxylic acids is 13. The van der Waals surface area contributed by atoms with Crippen LogP contribution in [-0.4, -0.2) is 236 Å². The summed E-state index contributed by atoms with van der Waals surface area (Å²) in [6.07, 6.45) is 2.85. The molecule has 1 aromatic carbocycles. The Kier molecular flexibility index (Phi) is 35.3. The summed E-state index contributed by atoms with van der Waals surface area (Å²) in [5.41, 5.74) is 28.6. The molecule has 98 heavy (non-hydrogen) atoms. The number of likely N-dealkylation sites (tertiary alicyclic amines) is 1. The lowest BCUT2D eigenvalue weighted by Crippen LogP contribution is -2.62. The number of fused-ring (bicyclic) bond motifs is 1. The number of carboxylic acids is 2. The average molecular weight is 1420 g/mol. The Balaban J connectivity index is 1.88. The molecule has 1 aliphatic heterocycles. The van der Waals surface area contributed by atoms with E-state index in [4.69, 9.17) is 28.7 Å². The third-order valence-electron chi connectivity index (χ3n) is 15.8. The van der Waals surface area contributed by atoms with Gasteiger partial charge in [-0.15, -0.1) is 0 Å². The fourth-order valence-electron chi connectivity index (χ4n) is 10.1. The predicted octanol–water partition coefficient (Wildman–Crippen LogP) is -5.79. The highest BCUT2D eigenvalue weighted by atomic mass is 32.2. The number of nitrogens with one attached hydrogen (secondary N) is 11. The van der Waals surface area contributed by atoms with E-state index in [1.54, 1.807) is 56.8 Å². The number of guanidine groups is 1. The number of hydrogen-bond acceptors (Lipinski definition) is 20. The molecule has 1 aromatic heterocycles. The molecule has 0 spiro atoms. The molecular formula is C60H94N18O18S2. The van der Waals surface area contributed by atoms with Gasteiger partial charge in [0.05, 0.1) is 25.5 Å². The molecule has 13 amide bonds. The van der Waals surface area contributed by atoms with Crippen LogP contribution in [0.5, 0.6) is 0 Å². The van der Waals surface area contributed by atoms with Gasteiger partial charge in [0.2, 0.25) is 76.8 Å². The zero-order chi connectivity index (χ0) is 73.5. The first kappa shape index (κ1) is 82.9. The van der Waals surface area contributed by atoms with Crippen molar-refractivity contribution >= 4 is 129 Å². The van der Waals surface area contributed by atoms with E-state index in [1.165, 1.54) is 37.4 Å². The first-order chi connectivity index (χ1) is 46.3. The molecule has 544 valence electrons. The number of aliphatic carboxylic acids is 2. The monoisotopic (exact) mass is 1420 g/mol. The highest BCUT2D eigenvalue weighted by molar-refractivity contribution is 7.98. The van der Waals surface area contributed by atoms with Gasteiger partial charge in [0, 0.05) is 43.0 Å². The molecule has 2 aromatic rings. The van der Waals surface area contributed by atoms with Crippen LogP contribution in [0.3, 0.4) is 0 Å². The molecule has 1 aliphatic rings. The number of nitrogens with two attached hydrogens (primary N) is 5. The Morgan fingerprint density at radius 1 is 0.612 bits per heavy atom. The number of aliphatic hydroxyl groups excluding tert-OH is 1. The first-order valence-electron chi connectivity index (χ1n) is 31.6. The summed E-state index contributed by atoms with van der Waals surface area (Å²) in [5, 5.41) is 54.7. The van der Waals surface area contributed by atoms with Gasteiger partial charge in [0.1, 0.15) is 66.5 Å². The van der Waals surface area contributed by atoms with Crippen molar-refractivity contribution in [1.82, 2.24) is 63.1 Å². The molecule has 13 atom stereocenters. The van der Waals surface area contributed by atoms with Crippen LogP contribution in [0, 0.1) is 5.92 Å². The summed E-state index contributed by atoms with van der Waals surface area (Å²) in [6.45, 7) is 4.75. The molecule has 0 radical (unpaired) electrons. The molecular weight excluding hydrogens is 1320 g/mol. The molecule has 0 bridgehead atoms. The van der Waals surface area contributed by atoms with Crippen LogP contribution < -0.4 is 81.8 Å². The first-order valence-corrected chi connectivity index (χ1v) is 34.4. The average Bonchev–Trinajstić information content (AvgIpc) is 1.61. The molecule has 24 N–H and O–H groups in total. The van der Waals surface area contributed by atoms with Crippen molar-refractivity contribution in [1.29, 1.82) is 0 Å². The van der Waals surface area contributed by atoms with Gasteiger partial charge in [-0.05, 0) is 100 Å². The number of aliphatic imine (C=N–C) groups is 1. The van der Waals surface area contributed by atoms with E-state index in [0.29, 0.717) is 34.4 Å². The van der Waals surface area contributed by atoms with E-state index in [-0.39, 0.29) is 64.0 Å². The number of para-hydroxylation sites is 1. The zero-order valence-electron chi connectivity index (χ0n) is 55.5. The minimum atomic E-state index is -1.89. The number of nitrogens with zero attached hydrogens (tertiary/aromatic N) is 2. The Labute approximate surface area is 573 Å². The maximum absolute atomic E-state index is 14.8. The Morgan fingerprint density at radius 3 is 1.66 bits per heavy atom. The summed E-state index contributed by atoms with van der Waals surface area (Å²) in [7, 11) is 0. The van der Waals surface area contributed by atoms with Gasteiger partial charge in [-0.2, -0.15) is 23.5 Å². The normalized spacial score (nSPS) is 16.3. The number of aromatic nitrogens is 1. The standard InChI is InChI=1S/C60H94N18O18S2/c1-7-29(2)47(77-55(91)41(26-45(63)81)74-54(90)40(25-44(62)80)73-49(85)30(3)68-50(86)34(61)13-10-20-66-60(64)65)58(94)78-21-11-15-43(78)57(93)75-39(24-32-27-67-35-14-9-8-12-33(32)35)53(89)76-42(28-79)56(92)71-36(16-17-46(82)83)51(87)69-31(4)48(84)70-37(18-22-97-5)52(88)72-38(59(95)96)19-23-98-6/h8-9,12,14,27,29-31,34,36-43,47,67,79H,7,10-11,13,15-26,28,61H2,1-6H3,(H2,62,80)(H2,63,81)(H,68,86)(H,69,87)(H,70,84)(H,71,92)(H,72,88)(H,73,85)(H,74,90)(H,75,93)(H,76,89)(H,77,91)(H,82,83)(H,95,96)(H4,64,65,66)/t29-,30-,31-,34-,36-,37-,38-,39-,40-,41-,42-,43-,47-/m0/s1. The van der Waals surface area contributed by atoms with E-state index in [1.807, 2.05) is 0 Å².